The minimum atomic E-state index is 0.504. The first-order valence-electron chi connectivity index (χ1n) is 5.52. The minimum absolute atomic E-state index is 0.504. The van der Waals surface area contributed by atoms with Crippen molar-refractivity contribution >= 4 is 0 Å². The summed E-state index contributed by atoms with van der Waals surface area (Å²) in [4.78, 5) is 0. The zero-order valence-electron chi connectivity index (χ0n) is 8.47. The lowest BCUT2D eigenvalue weighted by molar-refractivity contribution is 0.274. The fourth-order valence-electron chi connectivity index (χ4n) is 2.25. The van der Waals surface area contributed by atoms with Crippen LogP contribution in [0.25, 0.3) is 0 Å². The van der Waals surface area contributed by atoms with Gasteiger partial charge in [0.25, 0.3) is 0 Å². The Balaban J connectivity index is 2.26. The summed E-state index contributed by atoms with van der Waals surface area (Å²) in [7, 11) is 0. The third-order valence-corrected chi connectivity index (χ3v) is 3.02. The maximum Gasteiger partial charge on any atom is 0.0219 e. The Hall–Kier alpha value is -0.120. The zero-order valence-corrected chi connectivity index (χ0v) is 8.47. The molecule has 0 amide bonds. The van der Waals surface area contributed by atoms with Crippen molar-refractivity contribution in [3.63, 3.8) is 0 Å². The molecule has 3 heteroatoms. The van der Waals surface area contributed by atoms with Crippen LogP contribution in [-0.4, -0.2) is 25.7 Å². The number of rotatable bonds is 5. The SMILES string of the molecule is NCCNC(CN)C1CCCCC1. The lowest BCUT2D eigenvalue weighted by Crippen LogP contribution is -2.44. The summed E-state index contributed by atoms with van der Waals surface area (Å²) in [6.07, 6.45) is 6.86. The zero-order chi connectivity index (χ0) is 9.52. The van der Waals surface area contributed by atoms with Gasteiger partial charge in [-0.1, -0.05) is 19.3 Å². The minimum Gasteiger partial charge on any atom is -0.329 e. The van der Waals surface area contributed by atoms with Crippen LogP contribution in [0.15, 0.2) is 0 Å². The highest BCUT2D eigenvalue weighted by Gasteiger charge is 2.21. The first-order valence-corrected chi connectivity index (χ1v) is 5.52. The van der Waals surface area contributed by atoms with Crippen molar-refractivity contribution in [2.24, 2.45) is 17.4 Å². The van der Waals surface area contributed by atoms with Crippen LogP contribution in [0.4, 0.5) is 0 Å². The van der Waals surface area contributed by atoms with Crippen molar-refractivity contribution in [1.29, 1.82) is 0 Å². The highest BCUT2D eigenvalue weighted by molar-refractivity contribution is 4.79. The van der Waals surface area contributed by atoms with Gasteiger partial charge in [0.15, 0.2) is 0 Å². The summed E-state index contributed by atoms with van der Waals surface area (Å²) < 4.78 is 0. The average molecular weight is 185 g/mol. The van der Waals surface area contributed by atoms with Gasteiger partial charge in [-0.25, -0.2) is 0 Å². The monoisotopic (exact) mass is 185 g/mol. The Bertz CT molecular complexity index is 121. The quantitative estimate of drug-likeness (QED) is 0.582. The van der Waals surface area contributed by atoms with Crippen LogP contribution in [0.1, 0.15) is 32.1 Å². The van der Waals surface area contributed by atoms with E-state index in [0.717, 1.165) is 19.0 Å². The standard InChI is InChI=1S/C10H23N3/c11-6-7-13-10(8-12)9-4-2-1-3-5-9/h9-10,13H,1-8,11-12H2. The van der Waals surface area contributed by atoms with E-state index in [2.05, 4.69) is 5.32 Å². The molecule has 1 rings (SSSR count). The Kier molecular flexibility index (Phi) is 5.35. The second-order valence-corrected chi connectivity index (χ2v) is 3.98. The van der Waals surface area contributed by atoms with Crippen molar-refractivity contribution in [3.8, 4) is 0 Å². The lowest BCUT2D eigenvalue weighted by Gasteiger charge is -2.30. The van der Waals surface area contributed by atoms with E-state index in [1.165, 1.54) is 32.1 Å². The molecular formula is C10H23N3. The van der Waals surface area contributed by atoms with Crippen LogP contribution in [0.3, 0.4) is 0 Å². The normalized spacial score (nSPS) is 21.7. The van der Waals surface area contributed by atoms with Crippen LogP contribution in [0.5, 0.6) is 0 Å². The van der Waals surface area contributed by atoms with Crippen molar-refractivity contribution in [2.75, 3.05) is 19.6 Å². The number of hydrogen-bond acceptors (Lipinski definition) is 3. The molecule has 0 aromatic heterocycles. The molecule has 78 valence electrons. The van der Waals surface area contributed by atoms with E-state index < -0.39 is 0 Å². The second-order valence-electron chi connectivity index (χ2n) is 3.98. The van der Waals surface area contributed by atoms with E-state index >= 15 is 0 Å². The number of nitrogens with two attached hydrogens (primary N) is 2. The molecule has 1 saturated carbocycles. The molecule has 0 radical (unpaired) electrons. The van der Waals surface area contributed by atoms with Gasteiger partial charge < -0.3 is 16.8 Å². The third kappa shape index (κ3) is 3.63. The molecule has 0 bridgehead atoms. The molecule has 3 nitrogen and oxygen atoms in total. The molecule has 0 aromatic carbocycles. The highest BCUT2D eigenvalue weighted by Crippen LogP contribution is 2.25. The van der Waals surface area contributed by atoms with Gasteiger partial charge in [-0.3, -0.25) is 0 Å². The van der Waals surface area contributed by atoms with Crippen molar-refractivity contribution in [1.82, 2.24) is 5.32 Å². The average Bonchev–Trinajstić information content (AvgIpc) is 2.21. The van der Waals surface area contributed by atoms with Gasteiger partial charge in [-0.2, -0.15) is 0 Å². The van der Waals surface area contributed by atoms with Gasteiger partial charge in [0, 0.05) is 25.7 Å². The second kappa shape index (κ2) is 6.35. The summed E-state index contributed by atoms with van der Waals surface area (Å²) in [6, 6.07) is 0.504. The molecule has 0 heterocycles. The molecular weight excluding hydrogens is 162 g/mol. The van der Waals surface area contributed by atoms with E-state index in [9.17, 15) is 0 Å². The Labute approximate surface area is 81.2 Å². The van der Waals surface area contributed by atoms with Gasteiger partial charge >= 0.3 is 0 Å². The highest BCUT2D eigenvalue weighted by atomic mass is 14.9. The summed E-state index contributed by atoms with van der Waals surface area (Å²) in [5, 5.41) is 3.44. The molecule has 0 aliphatic heterocycles. The van der Waals surface area contributed by atoms with Crippen LogP contribution in [-0.2, 0) is 0 Å². The van der Waals surface area contributed by atoms with E-state index in [1.807, 2.05) is 0 Å². The molecule has 0 aromatic rings. The van der Waals surface area contributed by atoms with Crippen LogP contribution >= 0.6 is 0 Å². The number of nitrogens with one attached hydrogen (secondary N) is 1. The molecule has 13 heavy (non-hydrogen) atoms. The van der Waals surface area contributed by atoms with E-state index in [4.69, 9.17) is 11.5 Å². The van der Waals surface area contributed by atoms with Crippen molar-refractivity contribution < 1.29 is 0 Å². The molecule has 1 unspecified atom stereocenters. The molecule has 0 saturated heterocycles. The summed E-state index contributed by atoms with van der Waals surface area (Å²) in [5.74, 6) is 0.797. The van der Waals surface area contributed by atoms with Crippen molar-refractivity contribution in [2.45, 2.75) is 38.1 Å². The Morgan fingerprint density at radius 3 is 2.38 bits per heavy atom. The fourth-order valence-corrected chi connectivity index (χ4v) is 2.25. The summed E-state index contributed by atoms with van der Waals surface area (Å²) in [6.45, 7) is 2.37. The molecule has 0 spiro atoms. The molecule has 1 fully saturated rings. The largest absolute Gasteiger partial charge is 0.329 e. The van der Waals surface area contributed by atoms with E-state index in [-0.39, 0.29) is 0 Å². The summed E-state index contributed by atoms with van der Waals surface area (Å²) >= 11 is 0. The molecule has 1 atom stereocenters. The summed E-state index contributed by atoms with van der Waals surface area (Å²) in [5.41, 5.74) is 11.2. The number of hydrogen-bond donors (Lipinski definition) is 3. The van der Waals surface area contributed by atoms with Crippen LogP contribution < -0.4 is 16.8 Å². The molecule has 1 aliphatic carbocycles. The fraction of sp³-hybridized carbons (Fsp3) is 1.00. The van der Waals surface area contributed by atoms with Gasteiger partial charge in [0.2, 0.25) is 0 Å². The predicted molar refractivity (Wildman–Crippen MR) is 56.5 cm³/mol. The van der Waals surface area contributed by atoms with Crippen molar-refractivity contribution in [3.05, 3.63) is 0 Å². The van der Waals surface area contributed by atoms with Crippen LogP contribution in [0, 0.1) is 5.92 Å². The van der Waals surface area contributed by atoms with Gasteiger partial charge in [0.1, 0.15) is 0 Å². The van der Waals surface area contributed by atoms with E-state index in [0.29, 0.717) is 12.6 Å². The third-order valence-electron chi connectivity index (χ3n) is 3.02. The van der Waals surface area contributed by atoms with E-state index in [1.54, 1.807) is 0 Å². The first-order chi connectivity index (χ1) is 6.38. The first kappa shape index (κ1) is 11.0. The van der Waals surface area contributed by atoms with Gasteiger partial charge in [-0.05, 0) is 18.8 Å². The molecule has 1 aliphatic rings. The Morgan fingerprint density at radius 1 is 1.15 bits per heavy atom. The lowest BCUT2D eigenvalue weighted by atomic mass is 9.84. The molecule has 5 N–H and O–H groups in total. The van der Waals surface area contributed by atoms with Crippen LogP contribution in [0.2, 0.25) is 0 Å². The topological polar surface area (TPSA) is 64.1 Å². The van der Waals surface area contributed by atoms with Gasteiger partial charge in [0.05, 0.1) is 0 Å². The van der Waals surface area contributed by atoms with Gasteiger partial charge in [-0.15, -0.1) is 0 Å². The maximum absolute atomic E-state index is 5.74. The maximum atomic E-state index is 5.74. The predicted octanol–water partition coefficient (Wildman–Crippen LogP) is 0.442. The Morgan fingerprint density at radius 2 is 1.85 bits per heavy atom. The smallest absolute Gasteiger partial charge is 0.0219 e.